The van der Waals surface area contributed by atoms with Crippen LogP contribution >= 0.6 is 0 Å². The van der Waals surface area contributed by atoms with Gasteiger partial charge in [-0.3, -0.25) is 0 Å². The Labute approximate surface area is 186 Å². The molecule has 2 atom stereocenters. The highest BCUT2D eigenvalue weighted by Crippen LogP contribution is 2.49. The van der Waals surface area contributed by atoms with Crippen molar-refractivity contribution in [2.24, 2.45) is 17.8 Å². The molecule has 168 valence electrons. The highest BCUT2D eigenvalue weighted by Gasteiger charge is 2.43. The fourth-order valence-electron chi connectivity index (χ4n) is 4.75. The number of hydrogen-bond acceptors (Lipinski definition) is 7. The normalized spacial score (nSPS) is 21.0. The summed E-state index contributed by atoms with van der Waals surface area (Å²) in [6.07, 6.45) is 10.9. The highest BCUT2D eigenvalue weighted by atomic mass is 19.1. The maximum Gasteiger partial charge on any atom is 0.225 e. The number of aromatic nitrogens is 6. The molecule has 2 fully saturated rings. The third-order valence-electron chi connectivity index (χ3n) is 6.78. The zero-order valence-electron chi connectivity index (χ0n) is 18.3. The lowest BCUT2D eigenvalue weighted by atomic mass is 9.90. The lowest BCUT2D eigenvalue weighted by molar-refractivity contribution is 0.274. The van der Waals surface area contributed by atoms with Gasteiger partial charge in [-0.05, 0) is 78.0 Å². The maximum absolute atomic E-state index is 14.3. The van der Waals surface area contributed by atoms with Gasteiger partial charge in [-0.2, -0.15) is 0 Å². The van der Waals surface area contributed by atoms with E-state index in [2.05, 4.69) is 37.3 Å². The molecule has 32 heavy (non-hydrogen) atoms. The molecule has 0 N–H and O–H groups in total. The zero-order valence-corrected chi connectivity index (χ0v) is 18.3. The van der Waals surface area contributed by atoms with Crippen LogP contribution in [0.25, 0.3) is 5.69 Å². The van der Waals surface area contributed by atoms with E-state index >= 15 is 0 Å². The number of nitrogens with zero attached hydrogens (tertiary/aromatic N) is 7. The van der Waals surface area contributed by atoms with Gasteiger partial charge in [0.2, 0.25) is 5.95 Å². The molecule has 0 amide bonds. The van der Waals surface area contributed by atoms with Gasteiger partial charge in [0.15, 0.2) is 11.6 Å². The van der Waals surface area contributed by atoms with Crippen LogP contribution in [0.3, 0.4) is 0 Å². The highest BCUT2D eigenvalue weighted by molar-refractivity contribution is 5.37. The van der Waals surface area contributed by atoms with Crippen LogP contribution in [-0.2, 0) is 6.42 Å². The molecule has 9 heteroatoms. The molecular formula is C23H28FN7O. The summed E-state index contributed by atoms with van der Waals surface area (Å²) in [6, 6.07) is 4.78. The number of aryl methyl sites for hydroxylation is 1. The predicted octanol–water partition coefficient (Wildman–Crippen LogP) is 3.48. The molecule has 0 spiro atoms. The van der Waals surface area contributed by atoms with E-state index in [-0.39, 0.29) is 5.75 Å². The number of benzene rings is 1. The van der Waals surface area contributed by atoms with Crippen molar-refractivity contribution < 1.29 is 9.13 Å². The summed E-state index contributed by atoms with van der Waals surface area (Å²) >= 11 is 0. The average molecular weight is 438 g/mol. The Morgan fingerprint density at radius 3 is 2.66 bits per heavy atom. The van der Waals surface area contributed by atoms with E-state index in [1.54, 1.807) is 12.1 Å². The van der Waals surface area contributed by atoms with Crippen LogP contribution in [0.5, 0.6) is 5.75 Å². The molecule has 2 aromatic heterocycles. The minimum absolute atomic E-state index is 0.279. The molecule has 3 heterocycles. The number of piperidine rings is 1. The van der Waals surface area contributed by atoms with Crippen LogP contribution in [0.2, 0.25) is 0 Å². The van der Waals surface area contributed by atoms with E-state index in [0.29, 0.717) is 18.2 Å². The molecule has 8 nitrogen and oxygen atoms in total. The van der Waals surface area contributed by atoms with Gasteiger partial charge in [-0.15, -0.1) is 5.10 Å². The first kappa shape index (κ1) is 20.8. The second kappa shape index (κ2) is 9.18. The SMILES string of the molecule is CCc1cnc(N2CCC([C@@H]3C[C@H]3CCOc3ccc(-n4cnnn4)cc3F)CC2)nc1. The Morgan fingerprint density at radius 1 is 1.16 bits per heavy atom. The topological polar surface area (TPSA) is 81.9 Å². The summed E-state index contributed by atoms with van der Waals surface area (Å²) in [7, 11) is 0. The summed E-state index contributed by atoms with van der Waals surface area (Å²) in [5, 5.41) is 10.9. The number of ether oxygens (including phenoxy) is 1. The summed E-state index contributed by atoms with van der Waals surface area (Å²) < 4.78 is 21.5. The summed E-state index contributed by atoms with van der Waals surface area (Å²) in [5.74, 6) is 2.97. The molecule has 1 aliphatic heterocycles. The molecule has 1 saturated carbocycles. The van der Waals surface area contributed by atoms with E-state index in [0.717, 1.165) is 43.7 Å². The second-order valence-electron chi connectivity index (χ2n) is 8.74. The van der Waals surface area contributed by atoms with Gasteiger partial charge in [-0.25, -0.2) is 19.0 Å². The fraction of sp³-hybridized carbons (Fsp3) is 0.522. The Kier molecular flexibility index (Phi) is 5.96. The van der Waals surface area contributed by atoms with E-state index in [1.807, 2.05) is 12.4 Å². The van der Waals surface area contributed by atoms with Crippen LogP contribution < -0.4 is 9.64 Å². The first-order valence-electron chi connectivity index (χ1n) is 11.4. The molecule has 1 aliphatic carbocycles. The first-order chi connectivity index (χ1) is 15.7. The van der Waals surface area contributed by atoms with E-state index < -0.39 is 5.82 Å². The summed E-state index contributed by atoms with van der Waals surface area (Å²) in [4.78, 5) is 11.4. The van der Waals surface area contributed by atoms with Crippen molar-refractivity contribution in [3.8, 4) is 11.4 Å². The Bertz CT molecular complexity index is 1020. The Hall–Kier alpha value is -3.10. The van der Waals surface area contributed by atoms with Gasteiger partial charge < -0.3 is 9.64 Å². The van der Waals surface area contributed by atoms with Gasteiger partial charge >= 0.3 is 0 Å². The largest absolute Gasteiger partial charge is 0.491 e. The quantitative estimate of drug-likeness (QED) is 0.534. The van der Waals surface area contributed by atoms with Crippen molar-refractivity contribution in [2.45, 2.75) is 39.0 Å². The van der Waals surface area contributed by atoms with E-state index in [4.69, 9.17) is 4.74 Å². The van der Waals surface area contributed by atoms with Crippen molar-refractivity contribution in [1.29, 1.82) is 0 Å². The first-order valence-corrected chi connectivity index (χ1v) is 11.4. The van der Waals surface area contributed by atoms with Gasteiger partial charge in [0.1, 0.15) is 6.33 Å². The maximum atomic E-state index is 14.3. The fourth-order valence-corrected chi connectivity index (χ4v) is 4.75. The van der Waals surface area contributed by atoms with Gasteiger partial charge in [-0.1, -0.05) is 6.92 Å². The molecule has 0 bridgehead atoms. The van der Waals surface area contributed by atoms with Gasteiger partial charge in [0, 0.05) is 31.5 Å². The van der Waals surface area contributed by atoms with Crippen LogP contribution in [0.1, 0.15) is 38.2 Å². The average Bonchev–Trinajstić information content (AvgIpc) is 3.39. The predicted molar refractivity (Wildman–Crippen MR) is 117 cm³/mol. The van der Waals surface area contributed by atoms with Crippen molar-refractivity contribution in [3.05, 3.63) is 48.3 Å². The Balaban J connectivity index is 1.05. The number of tetrazole rings is 1. The molecule has 5 rings (SSSR count). The lowest BCUT2D eigenvalue weighted by Gasteiger charge is -2.32. The van der Waals surface area contributed by atoms with Crippen molar-refractivity contribution in [2.75, 3.05) is 24.6 Å². The van der Waals surface area contributed by atoms with E-state index in [1.165, 1.54) is 41.9 Å². The van der Waals surface area contributed by atoms with Crippen molar-refractivity contribution in [3.63, 3.8) is 0 Å². The van der Waals surface area contributed by atoms with Crippen molar-refractivity contribution in [1.82, 2.24) is 30.2 Å². The Morgan fingerprint density at radius 2 is 1.97 bits per heavy atom. The van der Waals surface area contributed by atoms with Gasteiger partial charge in [0.05, 0.1) is 12.3 Å². The molecular weight excluding hydrogens is 409 g/mol. The number of anilines is 1. The molecule has 1 saturated heterocycles. The van der Waals surface area contributed by atoms with Crippen LogP contribution in [0.4, 0.5) is 10.3 Å². The van der Waals surface area contributed by atoms with Crippen LogP contribution in [0, 0.1) is 23.6 Å². The third-order valence-corrected chi connectivity index (χ3v) is 6.78. The van der Waals surface area contributed by atoms with Crippen molar-refractivity contribution >= 4 is 5.95 Å². The molecule has 2 aliphatic rings. The molecule has 0 unspecified atom stereocenters. The van der Waals surface area contributed by atoms with Gasteiger partial charge in [0.25, 0.3) is 0 Å². The third kappa shape index (κ3) is 4.56. The minimum atomic E-state index is -0.396. The minimum Gasteiger partial charge on any atom is -0.491 e. The molecule has 0 radical (unpaired) electrons. The number of hydrogen-bond donors (Lipinski definition) is 0. The molecule has 1 aromatic carbocycles. The van der Waals surface area contributed by atoms with Crippen LogP contribution in [-0.4, -0.2) is 49.9 Å². The molecule has 3 aromatic rings. The monoisotopic (exact) mass is 437 g/mol. The van der Waals surface area contributed by atoms with Crippen LogP contribution in [0.15, 0.2) is 36.9 Å². The zero-order chi connectivity index (χ0) is 21.9. The number of halogens is 1. The standard InChI is InChI=1S/C23H28FN7O/c1-2-16-13-25-23(26-14-16)30-8-5-17(6-9-30)20-11-18(20)7-10-32-22-4-3-19(12-21(22)24)31-15-27-28-29-31/h3-4,12-15,17-18,20H,2,5-11H2,1H3/t18-,20+/m1/s1. The second-order valence-corrected chi connectivity index (χ2v) is 8.74. The number of rotatable bonds is 8. The summed E-state index contributed by atoms with van der Waals surface area (Å²) in [6.45, 7) is 4.70. The summed E-state index contributed by atoms with van der Waals surface area (Å²) in [5.41, 5.74) is 1.75. The van der Waals surface area contributed by atoms with E-state index in [9.17, 15) is 4.39 Å². The smallest absolute Gasteiger partial charge is 0.225 e. The lowest BCUT2D eigenvalue weighted by Crippen LogP contribution is -2.35.